The minimum absolute atomic E-state index is 0.0849. The van der Waals surface area contributed by atoms with Crippen LogP contribution < -0.4 is 4.74 Å². The van der Waals surface area contributed by atoms with Crippen molar-refractivity contribution in [3.05, 3.63) is 106 Å². The van der Waals surface area contributed by atoms with Gasteiger partial charge in [0.1, 0.15) is 34.4 Å². The molecule has 1 aromatic heterocycles. The highest BCUT2D eigenvalue weighted by Gasteiger charge is 2.41. The zero-order chi connectivity index (χ0) is 33.3. The summed E-state index contributed by atoms with van der Waals surface area (Å²) in [5.41, 5.74) is 2.94. The van der Waals surface area contributed by atoms with E-state index in [0.717, 1.165) is 22.1 Å². The third-order valence-corrected chi connectivity index (χ3v) is 9.40. The van der Waals surface area contributed by atoms with Gasteiger partial charge in [-0.15, -0.1) is 0 Å². The first-order valence-corrected chi connectivity index (χ1v) is 16.4. The van der Waals surface area contributed by atoms with Gasteiger partial charge < -0.3 is 9.84 Å². The first-order chi connectivity index (χ1) is 21.4. The van der Waals surface area contributed by atoms with E-state index in [1.54, 1.807) is 24.3 Å². The molecule has 1 aliphatic carbocycles. The Morgan fingerprint density at radius 3 is 1.98 bits per heavy atom. The Kier molecular flexibility index (Phi) is 7.33. The van der Waals surface area contributed by atoms with Gasteiger partial charge in [-0.25, -0.2) is 4.98 Å². The third-order valence-electron chi connectivity index (χ3n) is 8.49. The molecule has 1 unspecified atom stereocenters. The summed E-state index contributed by atoms with van der Waals surface area (Å²) in [7, 11) is -4.56. The highest BCUT2D eigenvalue weighted by molar-refractivity contribution is 7.86. The molecule has 0 fully saturated rings. The van der Waals surface area contributed by atoms with Crippen LogP contribution in [0, 0.1) is 0 Å². The second-order valence-electron chi connectivity index (χ2n) is 13.9. The summed E-state index contributed by atoms with van der Waals surface area (Å²) in [4.78, 5) is 31.7. The summed E-state index contributed by atoms with van der Waals surface area (Å²) in [5, 5.41) is 12.4. The van der Waals surface area contributed by atoms with E-state index < -0.39 is 27.6 Å². The molecule has 5 aromatic rings. The molecule has 46 heavy (non-hydrogen) atoms. The Hall–Kier alpha value is -4.60. The summed E-state index contributed by atoms with van der Waals surface area (Å²) in [6.07, 6.45) is 0. The molecule has 236 valence electrons. The van der Waals surface area contributed by atoms with Crippen molar-refractivity contribution in [1.29, 1.82) is 0 Å². The van der Waals surface area contributed by atoms with Gasteiger partial charge in [-0.2, -0.15) is 8.42 Å². The SMILES string of the molecule is CC(C)(C)c1cc(COc2cccc3ccc(C4C(=O)c5cc6cccc(S(=O)(=O)O)c6cc5C4=O)nc23)cc(C(C)(C)C)c1O. The third kappa shape index (κ3) is 5.43. The van der Waals surface area contributed by atoms with Gasteiger partial charge in [-0.3, -0.25) is 14.1 Å². The van der Waals surface area contributed by atoms with Crippen molar-refractivity contribution in [2.45, 2.75) is 69.8 Å². The van der Waals surface area contributed by atoms with Crippen molar-refractivity contribution < 1.29 is 32.4 Å². The largest absolute Gasteiger partial charge is 0.507 e. The van der Waals surface area contributed by atoms with Gasteiger partial charge in [-0.05, 0) is 75.4 Å². The number of nitrogens with zero attached hydrogens (tertiary/aromatic N) is 1. The van der Waals surface area contributed by atoms with E-state index in [4.69, 9.17) is 9.72 Å². The van der Waals surface area contributed by atoms with Crippen molar-refractivity contribution in [2.24, 2.45) is 0 Å². The number of carbonyl (C=O) groups excluding carboxylic acids is 2. The molecular formula is C37H35NO7S. The van der Waals surface area contributed by atoms with Crippen LogP contribution in [-0.2, 0) is 27.6 Å². The molecule has 0 radical (unpaired) electrons. The number of Topliss-reactive ketones (excluding diaryl/α,β-unsaturated/α-hetero) is 2. The predicted molar refractivity (Wildman–Crippen MR) is 177 cm³/mol. The van der Waals surface area contributed by atoms with E-state index in [1.165, 1.54) is 24.3 Å². The van der Waals surface area contributed by atoms with Crippen molar-refractivity contribution in [3.8, 4) is 11.5 Å². The Labute approximate surface area is 267 Å². The molecule has 0 spiro atoms. The van der Waals surface area contributed by atoms with Crippen LogP contribution in [0.2, 0.25) is 0 Å². The van der Waals surface area contributed by atoms with Crippen LogP contribution in [0.15, 0.2) is 77.7 Å². The van der Waals surface area contributed by atoms with E-state index in [9.17, 15) is 27.7 Å². The summed E-state index contributed by atoms with van der Waals surface area (Å²) >= 11 is 0. The average molecular weight is 638 g/mol. The lowest BCUT2D eigenvalue weighted by Crippen LogP contribution is -2.18. The highest BCUT2D eigenvalue weighted by atomic mass is 32.2. The molecule has 4 aromatic carbocycles. The number of aromatic nitrogens is 1. The smallest absolute Gasteiger partial charge is 0.295 e. The van der Waals surface area contributed by atoms with E-state index in [1.807, 2.05) is 24.3 Å². The van der Waals surface area contributed by atoms with Crippen LogP contribution in [0.25, 0.3) is 21.7 Å². The Morgan fingerprint density at radius 2 is 1.37 bits per heavy atom. The molecule has 0 aliphatic heterocycles. The van der Waals surface area contributed by atoms with Gasteiger partial charge >= 0.3 is 0 Å². The van der Waals surface area contributed by atoms with Crippen LogP contribution in [0.3, 0.4) is 0 Å². The zero-order valence-corrected chi connectivity index (χ0v) is 27.3. The van der Waals surface area contributed by atoms with Crippen LogP contribution in [0.1, 0.15) is 90.6 Å². The lowest BCUT2D eigenvalue weighted by Gasteiger charge is -2.28. The molecule has 1 atom stereocenters. The van der Waals surface area contributed by atoms with E-state index >= 15 is 0 Å². The predicted octanol–water partition coefficient (Wildman–Crippen LogP) is 7.68. The molecule has 6 rings (SSSR count). The molecule has 8 nitrogen and oxygen atoms in total. The summed E-state index contributed by atoms with van der Waals surface area (Å²) in [6, 6.07) is 20.0. The maximum atomic E-state index is 13.7. The number of benzene rings is 4. The summed E-state index contributed by atoms with van der Waals surface area (Å²) in [6.45, 7) is 12.5. The minimum Gasteiger partial charge on any atom is -0.507 e. The van der Waals surface area contributed by atoms with Gasteiger partial charge in [-0.1, -0.05) is 71.9 Å². The van der Waals surface area contributed by atoms with Gasteiger partial charge in [0.05, 0.1) is 5.69 Å². The number of para-hydroxylation sites is 1. The fourth-order valence-corrected chi connectivity index (χ4v) is 6.83. The highest BCUT2D eigenvalue weighted by Crippen LogP contribution is 2.41. The number of phenols is 1. The summed E-state index contributed by atoms with van der Waals surface area (Å²) in [5.74, 6) is -1.38. The van der Waals surface area contributed by atoms with Gasteiger partial charge in [0.25, 0.3) is 10.1 Å². The first kappa shape index (κ1) is 31.4. The van der Waals surface area contributed by atoms with Gasteiger partial charge in [0.15, 0.2) is 11.6 Å². The minimum atomic E-state index is -4.56. The number of pyridine rings is 1. The molecule has 0 amide bonds. The van der Waals surface area contributed by atoms with Crippen molar-refractivity contribution >= 4 is 43.4 Å². The maximum absolute atomic E-state index is 13.7. The second kappa shape index (κ2) is 10.7. The van der Waals surface area contributed by atoms with Crippen LogP contribution in [-0.4, -0.2) is 34.6 Å². The molecular weight excluding hydrogens is 602 g/mol. The van der Waals surface area contributed by atoms with E-state index in [-0.39, 0.29) is 50.3 Å². The zero-order valence-electron chi connectivity index (χ0n) is 26.5. The van der Waals surface area contributed by atoms with E-state index in [2.05, 4.69) is 41.5 Å². The molecule has 1 aliphatic rings. The number of fused-ring (bicyclic) bond motifs is 3. The number of ketones is 2. The van der Waals surface area contributed by atoms with Crippen LogP contribution in [0.4, 0.5) is 0 Å². The molecule has 2 N–H and O–H groups in total. The number of ether oxygens (including phenoxy) is 1. The van der Waals surface area contributed by atoms with Crippen LogP contribution >= 0.6 is 0 Å². The molecule has 0 saturated carbocycles. The van der Waals surface area contributed by atoms with Crippen molar-refractivity contribution in [2.75, 3.05) is 0 Å². The fraction of sp³-hybridized carbons (Fsp3) is 0.270. The van der Waals surface area contributed by atoms with Crippen LogP contribution in [0.5, 0.6) is 11.5 Å². The Morgan fingerprint density at radius 1 is 0.783 bits per heavy atom. The monoisotopic (exact) mass is 637 g/mol. The quantitative estimate of drug-likeness (QED) is 0.148. The molecule has 0 saturated heterocycles. The second-order valence-corrected chi connectivity index (χ2v) is 15.3. The van der Waals surface area contributed by atoms with E-state index in [0.29, 0.717) is 16.7 Å². The normalized spacial score (nSPS) is 15.5. The average Bonchev–Trinajstić information content (AvgIpc) is 3.21. The number of rotatable bonds is 5. The number of hydrogen-bond donors (Lipinski definition) is 2. The summed E-state index contributed by atoms with van der Waals surface area (Å²) < 4.78 is 40.0. The maximum Gasteiger partial charge on any atom is 0.295 e. The lowest BCUT2D eigenvalue weighted by atomic mass is 9.78. The Balaban J connectivity index is 1.37. The molecule has 9 heteroatoms. The van der Waals surface area contributed by atoms with Gasteiger partial charge in [0.2, 0.25) is 0 Å². The number of carbonyl (C=O) groups is 2. The standard InChI is InChI=1S/C37H35NO7S/c1-36(2,3)26-15-20(16-27(35(26)41)37(4,5)6)19-45-29-11-7-9-21-13-14-28(38-32(21)29)31-33(39)24-17-22-10-8-12-30(46(42,43)44)23(22)18-25(24)34(31)40/h7-18,31,41H,19H2,1-6H3,(H,42,43,44). The number of hydrogen-bond acceptors (Lipinski definition) is 7. The van der Waals surface area contributed by atoms with Gasteiger partial charge in [0, 0.05) is 21.9 Å². The first-order valence-electron chi connectivity index (χ1n) is 15.0. The molecule has 0 bridgehead atoms. The van der Waals surface area contributed by atoms with Crippen molar-refractivity contribution in [1.82, 2.24) is 4.98 Å². The van der Waals surface area contributed by atoms with Crippen molar-refractivity contribution in [3.63, 3.8) is 0 Å². The topological polar surface area (TPSA) is 131 Å². The molecule has 1 heterocycles. The lowest BCUT2D eigenvalue weighted by molar-refractivity contribution is 0.0888. The Bertz CT molecular complexity index is 2170. The number of phenolic OH excluding ortho intramolecular Hbond substituents is 1. The fourth-order valence-electron chi connectivity index (χ4n) is 6.12. The number of aromatic hydroxyl groups is 1.